The molecule has 22 aromatic carbocycles. The molecule has 7 aromatic heterocycles. The van der Waals surface area contributed by atoms with Gasteiger partial charge >= 0.3 is 0 Å². The molecule has 7 heterocycles. The standard InChI is InChI=1S/C52H34N4.C48H30N2S.C36H23NS/c1-5-17-35(18-6-1)49-53-50(36-19-7-2-8-20-36)55-51(54-49)56-47-28-16-14-26-42(47)44-34-38(30-32-48(44)56)37-29-31-46-43(33-37)41-25-13-15-27-45(41)52(46,39-21-9-3-10-22-39)40-23-11-4-12-24-40;1-3-11-35(12-4-1)49-43-17-9-7-15-37(43)39-27-31(19-23-44(39)49)32-20-24-45-40(28-32)41-29-33(21-25-46(41)50(45)36-13-5-2-6-14-36)34-22-26-48-42(30-34)38-16-8-10-18-47(38)51-48;1-2-8-24(9-3-1)25-14-18-28(19-15-25)37-33-12-6-4-10-29(33)31-22-26(16-20-34(31)37)27-17-21-36-32(23-27)30-11-5-7-13-35(30)38-36/h1-34H;1-30H;1-23H. The van der Waals surface area contributed by atoms with Crippen LogP contribution in [0.2, 0.25) is 0 Å². The highest BCUT2D eigenvalue weighted by Crippen LogP contribution is 2.58. The van der Waals surface area contributed by atoms with Crippen LogP contribution in [0.3, 0.4) is 0 Å². The van der Waals surface area contributed by atoms with Gasteiger partial charge in [0.1, 0.15) is 0 Å². The van der Waals surface area contributed by atoms with Gasteiger partial charge in [0, 0.05) is 112 Å². The molecule has 145 heavy (non-hydrogen) atoms. The van der Waals surface area contributed by atoms with Crippen LogP contribution in [-0.4, -0.2) is 33.2 Å². The molecule has 30 rings (SSSR count). The lowest BCUT2D eigenvalue weighted by molar-refractivity contribution is 0.768. The zero-order valence-corrected chi connectivity index (χ0v) is 80.3. The van der Waals surface area contributed by atoms with E-state index in [2.05, 4.69) is 485 Å². The van der Waals surface area contributed by atoms with E-state index in [1.54, 1.807) is 0 Å². The van der Waals surface area contributed by atoms with Crippen LogP contribution in [0.15, 0.2) is 528 Å². The third-order valence-corrected chi connectivity index (χ3v) is 31.8. The summed E-state index contributed by atoms with van der Waals surface area (Å²) in [6.45, 7) is 0. The van der Waals surface area contributed by atoms with Gasteiger partial charge in [-0.15, -0.1) is 22.7 Å². The third-order valence-electron chi connectivity index (χ3n) is 29.5. The Morgan fingerprint density at radius 3 is 0.848 bits per heavy atom. The van der Waals surface area contributed by atoms with Crippen molar-refractivity contribution in [1.29, 1.82) is 0 Å². The molecular weight excluding hydrogens is 1800 g/mol. The van der Waals surface area contributed by atoms with Gasteiger partial charge in [-0.05, 0) is 247 Å². The Bertz CT molecular complexity index is 10000. The molecule has 0 aliphatic heterocycles. The van der Waals surface area contributed by atoms with Crippen molar-refractivity contribution in [1.82, 2.24) is 33.2 Å². The van der Waals surface area contributed by atoms with Crippen LogP contribution >= 0.6 is 22.7 Å². The molecule has 0 amide bonds. The van der Waals surface area contributed by atoms with Gasteiger partial charge in [-0.2, -0.15) is 9.97 Å². The van der Waals surface area contributed by atoms with Crippen LogP contribution < -0.4 is 0 Å². The smallest absolute Gasteiger partial charge is 0.238 e. The largest absolute Gasteiger partial charge is 0.309 e. The molecule has 0 bridgehead atoms. The normalized spacial score (nSPS) is 12.2. The van der Waals surface area contributed by atoms with Gasteiger partial charge < -0.3 is 13.7 Å². The SMILES string of the molecule is c1ccc(-c2ccc(-n3c4ccccc4c4cc(-c5ccc6sc7ccccc7c6c5)ccc43)cc2)cc1.c1ccc(-c2nc(-c3ccccc3)nc(-n3c4ccccc4c4cc(-c5ccc6c(c5)-c5ccccc5C6(c5ccccc5)c5ccccc5)ccc43)n2)cc1.c1ccc(-n2c3ccccc3c3cc(-c4ccc5c(c4)c4cc(-c6ccc7sc8ccccc8c7c6)ccc4n5-c4ccccc4)ccc32)cc1. The number of aromatic nitrogens is 7. The maximum atomic E-state index is 5.12. The Balaban J connectivity index is 0.000000107. The third kappa shape index (κ3) is 14.3. The molecule has 7 nitrogen and oxygen atoms in total. The molecule has 29 aromatic rings. The lowest BCUT2D eigenvalue weighted by Gasteiger charge is -2.33. The van der Waals surface area contributed by atoms with Gasteiger partial charge in [-0.1, -0.05) is 370 Å². The molecule has 678 valence electrons. The Morgan fingerprint density at radius 1 is 0.159 bits per heavy atom. The van der Waals surface area contributed by atoms with E-state index in [4.69, 9.17) is 15.0 Å². The number of rotatable bonds is 13. The highest BCUT2D eigenvalue weighted by atomic mass is 32.1. The van der Waals surface area contributed by atoms with Gasteiger partial charge in [0.25, 0.3) is 0 Å². The summed E-state index contributed by atoms with van der Waals surface area (Å²) in [5, 5.41) is 15.2. The molecule has 0 N–H and O–H groups in total. The van der Waals surface area contributed by atoms with E-state index in [1.165, 1.54) is 206 Å². The number of nitrogens with zero attached hydrogens (tertiary/aromatic N) is 7. The van der Waals surface area contributed by atoms with Crippen molar-refractivity contribution in [2.45, 2.75) is 5.41 Å². The molecule has 0 fully saturated rings. The summed E-state index contributed by atoms with van der Waals surface area (Å²) in [5.41, 5.74) is 34.2. The fourth-order valence-corrected chi connectivity index (χ4v) is 25.0. The van der Waals surface area contributed by atoms with Crippen molar-refractivity contribution in [3.05, 3.63) is 550 Å². The summed E-state index contributed by atoms with van der Waals surface area (Å²) in [5.74, 6) is 1.86. The van der Waals surface area contributed by atoms with Crippen molar-refractivity contribution in [2.75, 3.05) is 0 Å². The maximum absolute atomic E-state index is 5.12. The lowest BCUT2D eigenvalue weighted by Crippen LogP contribution is -2.28. The molecule has 0 unspecified atom stereocenters. The summed E-state index contributed by atoms with van der Waals surface area (Å²) in [4.78, 5) is 15.2. The molecule has 0 atom stereocenters. The molecule has 0 radical (unpaired) electrons. The Kier molecular flexibility index (Phi) is 20.4. The van der Waals surface area contributed by atoms with Gasteiger partial charge in [0.05, 0.1) is 49.5 Å². The second kappa shape index (κ2) is 35.1. The summed E-state index contributed by atoms with van der Waals surface area (Å²) >= 11 is 3.73. The first-order chi connectivity index (χ1) is 71.9. The first-order valence-electron chi connectivity index (χ1n) is 49.4. The van der Waals surface area contributed by atoms with E-state index in [1.807, 2.05) is 83.3 Å². The highest BCUT2D eigenvalue weighted by molar-refractivity contribution is 7.26. The first kappa shape index (κ1) is 84.6. The topological polar surface area (TPSA) is 58.4 Å². The maximum Gasteiger partial charge on any atom is 0.238 e. The Hall–Kier alpha value is -18.5. The number of fused-ring (bicyclic) bond motifs is 21. The van der Waals surface area contributed by atoms with Crippen molar-refractivity contribution < 1.29 is 0 Å². The quantitative estimate of drug-likeness (QED) is 0.116. The molecule has 0 saturated heterocycles. The predicted octanol–water partition coefficient (Wildman–Crippen LogP) is 36.4. The van der Waals surface area contributed by atoms with E-state index in [0.717, 1.165) is 38.5 Å². The monoisotopic (exact) mass is 1880 g/mol. The second-order valence-corrected chi connectivity index (χ2v) is 39.7. The van der Waals surface area contributed by atoms with Gasteiger partial charge in [0.2, 0.25) is 5.95 Å². The van der Waals surface area contributed by atoms with Crippen LogP contribution in [-0.2, 0) is 5.41 Å². The number of para-hydroxylation sites is 5. The zero-order valence-electron chi connectivity index (χ0n) is 78.7. The average molecular weight is 1880 g/mol. The minimum Gasteiger partial charge on any atom is -0.309 e. The molecular formula is C136H87N7S2. The molecule has 0 saturated carbocycles. The fraction of sp³-hybridized carbons (Fsp3) is 0.00735. The van der Waals surface area contributed by atoms with E-state index in [9.17, 15) is 0 Å². The number of hydrogen-bond acceptors (Lipinski definition) is 5. The number of hydrogen-bond donors (Lipinski definition) is 0. The van der Waals surface area contributed by atoms with Crippen molar-refractivity contribution in [3.63, 3.8) is 0 Å². The van der Waals surface area contributed by atoms with Crippen LogP contribution in [0.5, 0.6) is 0 Å². The minimum absolute atomic E-state index is 0.425. The van der Waals surface area contributed by atoms with Crippen LogP contribution in [0.25, 0.3) is 240 Å². The van der Waals surface area contributed by atoms with E-state index in [-0.39, 0.29) is 0 Å². The molecule has 0 spiro atoms. The lowest BCUT2D eigenvalue weighted by atomic mass is 9.67. The van der Waals surface area contributed by atoms with Gasteiger partial charge in [-0.3, -0.25) is 4.57 Å². The van der Waals surface area contributed by atoms with E-state index < -0.39 is 5.41 Å². The van der Waals surface area contributed by atoms with E-state index in [0.29, 0.717) is 17.6 Å². The van der Waals surface area contributed by atoms with Gasteiger partial charge in [0.15, 0.2) is 11.6 Å². The van der Waals surface area contributed by atoms with E-state index >= 15 is 0 Å². The first-order valence-corrected chi connectivity index (χ1v) is 51.0. The fourth-order valence-electron chi connectivity index (χ4n) is 22.8. The number of benzene rings is 22. The Labute approximate surface area is 845 Å². The minimum atomic E-state index is -0.425. The Morgan fingerprint density at radius 2 is 0.428 bits per heavy atom. The van der Waals surface area contributed by atoms with Crippen molar-refractivity contribution >= 4 is 150 Å². The summed E-state index contributed by atoms with van der Waals surface area (Å²) in [6, 6.07) is 191. The van der Waals surface area contributed by atoms with Gasteiger partial charge in [-0.25, -0.2) is 4.98 Å². The van der Waals surface area contributed by atoms with Crippen LogP contribution in [0.4, 0.5) is 0 Å². The average Bonchev–Trinajstić information content (AvgIpc) is 1.53. The van der Waals surface area contributed by atoms with Crippen molar-refractivity contribution in [2.24, 2.45) is 0 Å². The molecule has 1 aliphatic rings. The highest BCUT2D eigenvalue weighted by Gasteiger charge is 2.46. The number of thiophene rings is 2. The molecule has 1 aliphatic carbocycles. The molecule has 9 heteroatoms. The zero-order chi connectivity index (χ0) is 95.6. The second-order valence-electron chi connectivity index (χ2n) is 37.6. The predicted molar refractivity (Wildman–Crippen MR) is 611 cm³/mol. The summed E-state index contributed by atoms with van der Waals surface area (Å²) < 4.78 is 14.7. The van der Waals surface area contributed by atoms with Crippen LogP contribution in [0, 0.1) is 0 Å². The summed E-state index contributed by atoms with van der Waals surface area (Å²) in [6.07, 6.45) is 0. The van der Waals surface area contributed by atoms with Crippen LogP contribution in [0.1, 0.15) is 22.3 Å². The summed E-state index contributed by atoms with van der Waals surface area (Å²) in [7, 11) is 0. The van der Waals surface area contributed by atoms with Crippen molar-refractivity contribution in [3.8, 4) is 113 Å².